The minimum Gasteiger partial charge on any atom is -0.494 e. The van der Waals surface area contributed by atoms with Crippen LogP contribution < -0.4 is 10.1 Å². The van der Waals surface area contributed by atoms with Crippen LogP contribution in [0.25, 0.3) is 0 Å². The topological polar surface area (TPSA) is 49.9 Å². The van der Waals surface area contributed by atoms with E-state index in [1.807, 2.05) is 31.2 Å². The molecular weight excluding hydrogens is 226 g/mol. The molecule has 0 bridgehead atoms. The fourth-order valence-corrected chi connectivity index (χ4v) is 1.64. The standard InChI is InChI=1S/C14H19N3O/c1-3-8-18-13-6-4-12(5-7-13)15-9-14-11(2)16-10-17-14/h4-7,10,15H,3,8-9H2,1-2H3,(H,16,17). The number of benzene rings is 1. The van der Waals surface area contributed by atoms with E-state index in [2.05, 4.69) is 22.2 Å². The van der Waals surface area contributed by atoms with Gasteiger partial charge in [-0.2, -0.15) is 0 Å². The number of nitrogens with one attached hydrogen (secondary N) is 2. The smallest absolute Gasteiger partial charge is 0.119 e. The Morgan fingerprint density at radius 1 is 1.28 bits per heavy atom. The molecule has 2 N–H and O–H groups in total. The lowest BCUT2D eigenvalue weighted by atomic mass is 10.3. The van der Waals surface area contributed by atoms with Crippen molar-refractivity contribution in [3.05, 3.63) is 42.0 Å². The number of aromatic amines is 1. The Morgan fingerprint density at radius 2 is 2.06 bits per heavy atom. The van der Waals surface area contributed by atoms with E-state index in [9.17, 15) is 0 Å². The second kappa shape index (κ2) is 6.10. The number of rotatable bonds is 6. The minimum absolute atomic E-state index is 0.727. The largest absolute Gasteiger partial charge is 0.494 e. The molecule has 0 saturated heterocycles. The number of H-pyrrole nitrogens is 1. The van der Waals surface area contributed by atoms with Crippen LogP contribution in [0, 0.1) is 6.92 Å². The molecule has 0 aliphatic heterocycles. The molecule has 4 nitrogen and oxygen atoms in total. The van der Waals surface area contributed by atoms with E-state index in [4.69, 9.17) is 4.74 Å². The Hall–Kier alpha value is -1.97. The minimum atomic E-state index is 0.727. The lowest BCUT2D eigenvalue weighted by Crippen LogP contribution is -2.01. The van der Waals surface area contributed by atoms with E-state index < -0.39 is 0 Å². The number of aromatic nitrogens is 2. The van der Waals surface area contributed by atoms with Crippen LogP contribution >= 0.6 is 0 Å². The van der Waals surface area contributed by atoms with E-state index in [1.165, 1.54) is 0 Å². The molecule has 0 amide bonds. The predicted molar refractivity (Wildman–Crippen MR) is 72.9 cm³/mol. The summed E-state index contributed by atoms with van der Waals surface area (Å²) in [4.78, 5) is 7.31. The molecule has 0 radical (unpaired) electrons. The molecule has 18 heavy (non-hydrogen) atoms. The van der Waals surface area contributed by atoms with E-state index in [0.717, 1.165) is 42.4 Å². The van der Waals surface area contributed by atoms with Gasteiger partial charge in [0, 0.05) is 11.4 Å². The Balaban J connectivity index is 1.88. The van der Waals surface area contributed by atoms with Gasteiger partial charge >= 0.3 is 0 Å². The van der Waals surface area contributed by atoms with Crippen molar-refractivity contribution in [1.82, 2.24) is 9.97 Å². The van der Waals surface area contributed by atoms with Crippen LogP contribution in [0.1, 0.15) is 24.7 Å². The van der Waals surface area contributed by atoms with E-state index in [-0.39, 0.29) is 0 Å². The molecule has 2 rings (SSSR count). The molecule has 1 aromatic carbocycles. The maximum Gasteiger partial charge on any atom is 0.119 e. The molecule has 0 saturated carbocycles. The molecule has 96 valence electrons. The molecule has 0 spiro atoms. The van der Waals surface area contributed by atoms with Crippen molar-refractivity contribution in [2.75, 3.05) is 11.9 Å². The maximum absolute atomic E-state index is 5.53. The molecule has 0 aliphatic rings. The molecule has 1 aromatic heterocycles. The first-order valence-corrected chi connectivity index (χ1v) is 6.25. The van der Waals surface area contributed by atoms with Crippen LogP contribution in [-0.2, 0) is 6.54 Å². The van der Waals surface area contributed by atoms with Gasteiger partial charge < -0.3 is 15.0 Å². The molecule has 4 heteroatoms. The van der Waals surface area contributed by atoms with Crippen LogP contribution in [0.15, 0.2) is 30.6 Å². The third-order valence-electron chi connectivity index (χ3n) is 2.72. The fraction of sp³-hybridized carbons (Fsp3) is 0.357. The summed E-state index contributed by atoms with van der Waals surface area (Å²) in [6.45, 7) is 5.61. The van der Waals surface area contributed by atoms with Gasteiger partial charge in [0.15, 0.2) is 0 Å². The molecule has 2 aromatic rings. The van der Waals surface area contributed by atoms with Crippen molar-refractivity contribution in [2.45, 2.75) is 26.8 Å². The lowest BCUT2D eigenvalue weighted by Gasteiger charge is -2.07. The van der Waals surface area contributed by atoms with Crippen LogP contribution in [0.4, 0.5) is 5.69 Å². The third-order valence-corrected chi connectivity index (χ3v) is 2.72. The average Bonchev–Trinajstić information content (AvgIpc) is 2.81. The monoisotopic (exact) mass is 245 g/mol. The highest BCUT2D eigenvalue weighted by atomic mass is 16.5. The number of nitrogens with zero attached hydrogens (tertiary/aromatic N) is 1. The Morgan fingerprint density at radius 3 is 2.67 bits per heavy atom. The van der Waals surface area contributed by atoms with Gasteiger partial charge in [-0.15, -0.1) is 0 Å². The summed E-state index contributed by atoms with van der Waals surface area (Å²) >= 11 is 0. The van der Waals surface area contributed by atoms with Crippen molar-refractivity contribution < 1.29 is 4.74 Å². The van der Waals surface area contributed by atoms with Crippen molar-refractivity contribution >= 4 is 5.69 Å². The second-order valence-electron chi connectivity index (χ2n) is 4.20. The summed E-state index contributed by atoms with van der Waals surface area (Å²) in [6, 6.07) is 8.00. The highest BCUT2D eigenvalue weighted by Crippen LogP contribution is 2.16. The van der Waals surface area contributed by atoms with Crippen LogP contribution in [-0.4, -0.2) is 16.6 Å². The first-order chi connectivity index (χ1) is 8.79. The number of anilines is 1. The van der Waals surface area contributed by atoms with E-state index in [0.29, 0.717) is 0 Å². The first-order valence-electron chi connectivity index (χ1n) is 6.25. The lowest BCUT2D eigenvalue weighted by molar-refractivity contribution is 0.317. The van der Waals surface area contributed by atoms with Crippen molar-refractivity contribution in [3.63, 3.8) is 0 Å². The number of hydrogen-bond acceptors (Lipinski definition) is 3. The number of hydrogen-bond donors (Lipinski definition) is 2. The molecule has 1 heterocycles. The zero-order valence-corrected chi connectivity index (χ0v) is 10.9. The summed E-state index contributed by atoms with van der Waals surface area (Å²) < 4.78 is 5.53. The molecule has 0 aliphatic carbocycles. The molecular formula is C14H19N3O. The number of imidazole rings is 1. The highest BCUT2D eigenvalue weighted by molar-refractivity contribution is 5.46. The van der Waals surface area contributed by atoms with Gasteiger partial charge in [0.05, 0.1) is 25.2 Å². The van der Waals surface area contributed by atoms with Crippen molar-refractivity contribution in [1.29, 1.82) is 0 Å². The Kier molecular flexibility index (Phi) is 4.23. The van der Waals surface area contributed by atoms with Crippen LogP contribution in [0.2, 0.25) is 0 Å². The van der Waals surface area contributed by atoms with Crippen molar-refractivity contribution in [3.8, 4) is 5.75 Å². The van der Waals surface area contributed by atoms with Crippen LogP contribution in [0.5, 0.6) is 5.75 Å². The summed E-state index contributed by atoms with van der Waals surface area (Å²) in [5.41, 5.74) is 3.22. The van der Waals surface area contributed by atoms with E-state index in [1.54, 1.807) is 6.33 Å². The second-order valence-corrected chi connectivity index (χ2v) is 4.20. The summed E-state index contributed by atoms with van der Waals surface area (Å²) in [5.74, 6) is 0.915. The van der Waals surface area contributed by atoms with Gasteiger partial charge in [-0.25, -0.2) is 4.98 Å². The zero-order valence-electron chi connectivity index (χ0n) is 10.9. The van der Waals surface area contributed by atoms with Gasteiger partial charge in [-0.3, -0.25) is 0 Å². The Bertz CT molecular complexity index is 476. The third kappa shape index (κ3) is 3.26. The normalized spacial score (nSPS) is 10.3. The highest BCUT2D eigenvalue weighted by Gasteiger charge is 2.00. The van der Waals surface area contributed by atoms with Crippen LogP contribution in [0.3, 0.4) is 0 Å². The number of ether oxygens (including phenoxy) is 1. The zero-order chi connectivity index (χ0) is 12.8. The van der Waals surface area contributed by atoms with Crippen molar-refractivity contribution in [2.24, 2.45) is 0 Å². The van der Waals surface area contributed by atoms with Gasteiger partial charge in [0.2, 0.25) is 0 Å². The Labute approximate surface area is 107 Å². The maximum atomic E-state index is 5.53. The van der Waals surface area contributed by atoms with E-state index >= 15 is 0 Å². The predicted octanol–water partition coefficient (Wildman–Crippen LogP) is 3.12. The SMILES string of the molecule is CCCOc1ccc(NCc2nc[nH]c2C)cc1. The molecule has 0 atom stereocenters. The summed E-state index contributed by atoms with van der Waals surface area (Å²) in [7, 11) is 0. The molecule has 0 fully saturated rings. The summed E-state index contributed by atoms with van der Waals surface area (Å²) in [5, 5.41) is 3.33. The molecule has 0 unspecified atom stereocenters. The fourth-order valence-electron chi connectivity index (χ4n) is 1.64. The average molecular weight is 245 g/mol. The first kappa shape index (κ1) is 12.5. The van der Waals surface area contributed by atoms with Gasteiger partial charge in [0.1, 0.15) is 5.75 Å². The van der Waals surface area contributed by atoms with Gasteiger partial charge in [0.25, 0.3) is 0 Å². The summed E-state index contributed by atoms with van der Waals surface area (Å²) in [6.07, 6.45) is 2.74. The quantitative estimate of drug-likeness (QED) is 0.822. The van der Waals surface area contributed by atoms with Gasteiger partial charge in [-0.1, -0.05) is 6.92 Å². The van der Waals surface area contributed by atoms with Gasteiger partial charge in [-0.05, 0) is 37.6 Å². The number of aryl methyl sites for hydroxylation is 1.